The van der Waals surface area contributed by atoms with Crippen LogP contribution in [-0.2, 0) is 0 Å². The number of aromatic nitrogens is 3. The topological polar surface area (TPSA) is 53.6 Å². The Morgan fingerprint density at radius 1 is 0.340 bits per heavy atom. The smallest absolute Gasteiger partial charge is 0.256 e. The Hall–Kier alpha value is -6.39. The summed E-state index contributed by atoms with van der Waals surface area (Å²) in [4.78, 5) is 20.4. The van der Waals surface area contributed by atoms with Crippen LogP contribution in [0, 0.1) is 0 Å². The highest BCUT2D eigenvalue weighted by Crippen LogP contribution is 2.40. The van der Waals surface area contributed by atoms with E-state index in [1.165, 1.54) is 37.7 Å². The molecule has 0 aliphatic carbocycles. The lowest BCUT2D eigenvalue weighted by atomic mass is 9.94. The molecule has 0 radical (unpaired) electrons. The van der Waals surface area contributed by atoms with Crippen molar-refractivity contribution in [1.82, 2.24) is 14.5 Å². The summed E-state index contributed by atoms with van der Waals surface area (Å²) in [6.45, 7) is 0. The Balaban J connectivity index is 1.25. The van der Waals surface area contributed by atoms with Gasteiger partial charge in [0.05, 0.1) is 16.6 Å². The summed E-state index contributed by atoms with van der Waals surface area (Å²) in [5.41, 5.74) is 6.07. The molecule has 11 rings (SSSR count). The van der Waals surface area contributed by atoms with Crippen molar-refractivity contribution in [3.63, 3.8) is 0 Å². The summed E-state index contributed by atoms with van der Waals surface area (Å²) in [5, 5.41) is 14.8. The second kappa shape index (κ2) is 8.87. The zero-order valence-corrected chi connectivity index (χ0v) is 25.1. The monoisotopic (exact) mass is 599 g/mol. The second-order valence-electron chi connectivity index (χ2n) is 12.7. The number of hydrogen-bond donors (Lipinski definition) is 2. The minimum atomic E-state index is -0.0841. The van der Waals surface area contributed by atoms with E-state index in [1.807, 2.05) is 12.1 Å². The van der Waals surface area contributed by atoms with E-state index < -0.39 is 0 Å². The average molecular weight is 600 g/mol. The summed E-state index contributed by atoms with van der Waals surface area (Å²) in [7, 11) is 0. The van der Waals surface area contributed by atoms with Crippen molar-refractivity contribution in [2.75, 3.05) is 0 Å². The molecule has 0 spiro atoms. The van der Waals surface area contributed by atoms with Gasteiger partial charge in [0.2, 0.25) is 0 Å². The minimum absolute atomic E-state index is 0.0841. The number of rotatable bonds is 1. The fourth-order valence-electron chi connectivity index (χ4n) is 8.15. The summed E-state index contributed by atoms with van der Waals surface area (Å²) in [6, 6.07) is 49.8. The number of para-hydroxylation sites is 2. The lowest BCUT2D eigenvalue weighted by Crippen LogP contribution is -2.06. The molecule has 0 atom stereocenters. The first-order valence-electron chi connectivity index (χ1n) is 16.0. The fourth-order valence-corrected chi connectivity index (χ4v) is 8.15. The lowest BCUT2D eigenvalue weighted by molar-refractivity contribution is 1.19. The van der Waals surface area contributed by atoms with E-state index in [0.717, 1.165) is 60.2 Å². The van der Waals surface area contributed by atoms with Gasteiger partial charge in [-0.1, -0.05) is 91.0 Å². The fraction of sp³-hybridized carbons (Fsp3) is 0. The number of benzene rings is 8. The van der Waals surface area contributed by atoms with Crippen LogP contribution in [0.15, 0.2) is 144 Å². The molecule has 47 heavy (non-hydrogen) atoms. The molecule has 0 amide bonds. The highest BCUT2D eigenvalue weighted by atomic mass is 16.1. The van der Waals surface area contributed by atoms with Crippen LogP contribution in [0.1, 0.15) is 0 Å². The van der Waals surface area contributed by atoms with Crippen molar-refractivity contribution in [1.29, 1.82) is 0 Å². The van der Waals surface area contributed by atoms with Gasteiger partial charge in [0.25, 0.3) is 5.56 Å². The quantitative estimate of drug-likeness (QED) is 0.181. The van der Waals surface area contributed by atoms with Crippen LogP contribution in [0.3, 0.4) is 0 Å². The Bertz CT molecular complexity index is 3180. The number of hydrogen-bond acceptors (Lipinski definition) is 1. The Labute approximate surface area is 267 Å². The van der Waals surface area contributed by atoms with E-state index in [0.29, 0.717) is 5.39 Å². The van der Waals surface area contributed by atoms with Gasteiger partial charge in [0, 0.05) is 49.0 Å². The Morgan fingerprint density at radius 2 is 0.894 bits per heavy atom. The summed E-state index contributed by atoms with van der Waals surface area (Å²) >= 11 is 0. The maximum atomic E-state index is 13.6. The molecule has 3 heterocycles. The Morgan fingerprint density at radius 3 is 1.66 bits per heavy atom. The summed E-state index contributed by atoms with van der Waals surface area (Å²) in [6.07, 6.45) is 0. The molecular formula is C43H25N3O. The van der Waals surface area contributed by atoms with Crippen LogP contribution in [0.5, 0.6) is 0 Å². The van der Waals surface area contributed by atoms with Gasteiger partial charge in [-0.05, 0) is 86.2 Å². The number of aromatic amines is 2. The first-order chi connectivity index (χ1) is 23.2. The van der Waals surface area contributed by atoms with Gasteiger partial charge in [-0.15, -0.1) is 0 Å². The molecule has 0 bridgehead atoms. The maximum Gasteiger partial charge on any atom is 0.256 e. The van der Waals surface area contributed by atoms with Gasteiger partial charge in [0.1, 0.15) is 0 Å². The maximum absolute atomic E-state index is 13.6. The van der Waals surface area contributed by atoms with Crippen LogP contribution < -0.4 is 5.56 Å². The molecule has 11 aromatic rings. The van der Waals surface area contributed by atoms with E-state index in [9.17, 15) is 4.79 Å². The van der Waals surface area contributed by atoms with Crippen LogP contribution in [0.4, 0.5) is 0 Å². The molecular weight excluding hydrogens is 574 g/mol. The normalized spacial score (nSPS) is 12.3. The van der Waals surface area contributed by atoms with E-state index in [4.69, 9.17) is 0 Å². The number of nitrogens with zero attached hydrogens (tertiary/aromatic N) is 1. The molecule has 0 saturated carbocycles. The van der Waals surface area contributed by atoms with Crippen molar-refractivity contribution in [3.05, 3.63) is 150 Å². The molecule has 218 valence electrons. The largest absolute Gasteiger partial charge is 0.354 e. The van der Waals surface area contributed by atoms with E-state index >= 15 is 0 Å². The van der Waals surface area contributed by atoms with Crippen LogP contribution in [0.2, 0.25) is 0 Å². The predicted octanol–water partition coefficient (Wildman–Crippen LogP) is 10.9. The SMILES string of the molecule is O=c1[nH]c2cc3c(cc2c2cc4c(cc12)[nH]c1ccccc14)c1ccccc1n3-c1ccc2c3ccccc3c3ccccc3c2c1. The minimum Gasteiger partial charge on any atom is -0.354 e. The van der Waals surface area contributed by atoms with Crippen LogP contribution in [0.25, 0.3) is 103 Å². The van der Waals surface area contributed by atoms with E-state index in [2.05, 4.69) is 142 Å². The van der Waals surface area contributed by atoms with Crippen molar-refractivity contribution < 1.29 is 0 Å². The van der Waals surface area contributed by atoms with Gasteiger partial charge >= 0.3 is 0 Å². The van der Waals surface area contributed by atoms with Crippen molar-refractivity contribution in [3.8, 4) is 5.69 Å². The van der Waals surface area contributed by atoms with Gasteiger partial charge in [-0.25, -0.2) is 0 Å². The highest BCUT2D eigenvalue weighted by Gasteiger charge is 2.18. The highest BCUT2D eigenvalue weighted by molar-refractivity contribution is 6.26. The first kappa shape index (κ1) is 24.9. The average Bonchev–Trinajstić information content (AvgIpc) is 3.65. The van der Waals surface area contributed by atoms with Gasteiger partial charge < -0.3 is 14.5 Å². The molecule has 0 aliphatic heterocycles. The second-order valence-corrected chi connectivity index (χ2v) is 12.7. The Kier molecular flexibility index (Phi) is 4.69. The number of nitrogens with one attached hydrogen (secondary N) is 2. The van der Waals surface area contributed by atoms with Crippen LogP contribution >= 0.6 is 0 Å². The molecule has 8 aromatic carbocycles. The third-order valence-corrected chi connectivity index (χ3v) is 10.2. The predicted molar refractivity (Wildman–Crippen MR) is 198 cm³/mol. The van der Waals surface area contributed by atoms with Crippen molar-refractivity contribution >= 4 is 97.6 Å². The zero-order valence-electron chi connectivity index (χ0n) is 25.1. The lowest BCUT2D eigenvalue weighted by Gasteiger charge is -2.14. The summed E-state index contributed by atoms with van der Waals surface area (Å²) in [5.74, 6) is 0. The van der Waals surface area contributed by atoms with Crippen molar-refractivity contribution in [2.45, 2.75) is 0 Å². The third-order valence-electron chi connectivity index (χ3n) is 10.2. The van der Waals surface area contributed by atoms with E-state index in [1.54, 1.807) is 0 Å². The van der Waals surface area contributed by atoms with Crippen molar-refractivity contribution in [2.24, 2.45) is 0 Å². The molecule has 3 aromatic heterocycles. The molecule has 4 heteroatoms. The molecule has 2 N–H and O–H groups in total. The van der Waals surface area contributed by atoms with E-state index in [-0.39, 0.29) is 5.56 Å². The number of pyridine rings is 1. The molecule has 0 saturated heterocycles. The zero-order chi connectivity index (χ0) is 30.8. The van der Waals surface area contributed by atoms with Gasteiger partial charge in [0.15, 0.2) is 0 Å². The number of H-pyrrole nitrogens is 2. The molecule has 4 nitrogen and oxygen atoms in total. The van der Waals surface area contributed by atoms with Gasteiger partial charge in [-0.3, -0.25) is 4.79 Å². The van der Waals surface area contributed by atoms with Crippen LogP contribution in [-0.4, -0.2) is 14.5 Å². The molecule has 0 aliphatic rings. The molecule has 0 unspecified atom stereocenters. The van der Waals surface area contributed by atoms with Gasteiger partial charge in [-0.2, -0.15) is 0 Å². The standard InChI is InChI=1S/C43H25N3O/c47-43-37-22-39-34(30-13-5-7-15-38(30)44-39)20-33(37)35-21-36-31-14-6-8-16-41(31)46(42(36)23-40(35)45-43)24-17-18-29-27-11-2-1-9-25(27)26-10-3-4-12-28(26)32(29)19-24/h1-23,44H,(H,45,47). The first-order valence-corrected chi connectivity index (χ1v) is 16.0. The molecule has 0 fully saturated rings. The summed E-state index contributed by atoms with van der Waals surface area (Å²) < 4.78 is 2.35. The third kappa shape index (κ3) is 3.28. The number of fused-ring (bicyclic) bond motifs is 15.